The molecule has 0 fully saturated rings. The summed E-state index contributed by atoms with van der Waals surface area (Å²) in [5.74, 6) is -2.09. The fourth-order valence-electron chi connectivity index (χ4n) is 1.00. The molecule has 0 amide bonds. The Morgan fingerprint density at radius 3 is 2.13 bits per heavy atom. The van der Waals surface area contributed by atoms with Gasteiger partial charge >= 0.3 is 5.97 Å². The van der Waals surface area contributed by atoms with E-state index in [-0.39, 0.29) is 15.8 Å². The summed E-state index contributed by atoms with van der Waals surface area (Å²) >= 11 is 16.9. The van der Waals surface area contributed by atoms with Gasteiger partial charge in [0.1, 0.15) is 15.6 Å². The monoisotopic (exact) mass is 270 g/mol. The molecule has 0 atom stereocenters. The molecule has 0 radical (unpaired) electrons. The van der Waals surface area contributed by atoms with Crippen LogP contribution in [-0.2, 0) is 0 Å². The largest absolute Gasteiger partial charge is 0.503 e. The number of carboxylic acids is 1. The molecule has 4 nitrogen and oxygen atoms in total. The molecule has 0 bridgehead atoms. The molecule has 0 aliphatic heterocycles. The molecule has 0 aliphatic carbocycles. The number of benzene rings is 1. The molecule has 7 heteroatoms. The molecular weight excluding hydrogens is 266 g/mol. The van der Waals surface area contributed by atoms with Crippen molar-refractivity contribution in [2.24, 2.45) is 0 Å². The molecule has 0 saturated carbocycles. The van der Waals surface area contributed by atoms with Gasteiger partial charge in [0, 0.05) is 0 Å². The summed E-state index contributed by atoms with van der Waals surface area (Å²) in [5, 5.41) is 17.4. The molecular formula is C8H5Cl3O4. The summed E-state index contributed by atoms with van der Waals surface area (Å²) in [6, 6.07) is 0. The van der Waals surface area contributed by atoms with E-state index in [0.29, 0.717) is 0 Å². The highest BCUT2D eigenvalue weighted by Crippen LogP contribution is 2.47. The summed E-state index contributed by atoms with van der Waals surface area (Å²) in [5.41, 5.74) is -0.457. The minimum absolute atomic E-state index is 0.156. The highest BCUT2D eigenvalue weighted by molar-refractivity contribution is 6.47. The fraction of sp³-hybridized carbons (Fsp3) is 0.125. The van der Waals surface area contributed by atoms with Crippen LogP contribution >= 0.6 is 34.8 Å². The lowest BCUT2D eigenvalue weighted by atomic mass is 10.2. The van der Waals surface area contributed by atoms with E-state index in [9.17, 15) is 9.90 Å². The van der Waals surface area contributed by atoms with Crippen LogP contribution in [0.15, 0.2) is 0 Å². The zero-order valence-electron chi connectivity index (χ0n) is 7.34. The number of carbonyl (C=O) groups is 1. The zero-order valence-corrected chi connectivity index (χ0v) is 9.61. The van der Waals surface area contributed by atoms with Gasteiger partial charge in [0.25, 0.3) is 0 Å². The van der Waals surface area contributed by atoms with Gasteiger partial charge in [-0.1, -0.05) is 34.8 Å². The molecule has 0 unspecified atom stereocenters. The topological polar surface area (TPSA) is 66.8 Å². The number of phenolic OH excluding ortho intramolecular Hbond substituents is 1. The third-order valence-corrected chi connectivity index (χ3v) is 2.88. The van der Waals surface area contributed by atoms with Gasteiger partial charge in [0.2, 0.25) is 0 Å². The van der Waals surface area contributed by atoms with Gasteiger partial charge in [0.05, 0.1) is 12.1 Å². The molecule has 0 spiro atoms. The van der Waals surface area contributed by atoms with Crippen LogP contribution in [0.25, 0.3) is 0 Å². The van der Waals surface area contributed by atoms with Gasteiger partial charge in [-0.05, 0) is 0 Å². The first-order valence-corrected chi connectivity index (χ1v) is 4.71. The van der Waals surface area contributed by atoms with E-state index in [0.717, 1.165) is 0 Å². The van der Waals surface area contributed by atoms with E-state index < -0.39 is 22.3 Å². The van der Waals surface area contributed by atoms with Gasteiger partial charge in [-0.2, -0.15) is 0 Å². The summed E-state index contributed by atoms with van der Waals surface area (Å²) < 4.78 is 4.73. The molecule has 0 aliphatic rings. The van der Waals surface area contributed by atoms with Crippen molar-refractivity contribution in [3.8, 4) is 11.5 Å². The van der Waals surface area contributed by atoms with Gasteiger partial charge < -0.3 is 14.9 Å². The van der Waals surface area contributed by atoms with Crippen LogP contribution in [0, 0.1) is 0 Å². The van der Waals surface area contributed by atoms with Crippen LogP contribution in [0.3, 0.4) is 0 Å². The maximum absolute atomic E-state index is 10.8. The number of halogens is 3. The van der Waals surface area contributed by atoms with Crippen LogP contribution < -0.4 is 4.74 Å². The second kappa shape index (κ2) is 4.35. The Morgan fingerprint density at radius 1 is 1.20 bits per heavy atom. The Morgan fingerprint density at radius 2 is 1.73 bits per heavy atom. The van der Waals surface area contributed by atoms with Crippen molar-refractivity contribution in [3.05, 3.63) is 20.6 Å². The number of rotatable bonds is 2. The maximum atomic E-state index is 10.8. The van der Waals surface area contributed by atoms with E-state index in [1.54, 1.807) is 0 Å². The first-order chi connectivity index (χ1) is 6.91. The van der Waals surface area contributed by atoms with Crippen LogP contribution in [0.2, 0.25) is 15.1 Å². The quantitative estimate of drug-likeness (QED) is 0.811. The summed E-state index contributed by atoms with van der Waals surface area (Å²) in [4.78, 5) is 10.8. The van der Waals surface area contributed by atoms with Crippen molar-refractivity contribution in [2.45, 2.75) is 0 Å². The van der Waals surface area contributed by atoms with Crippen LogP contribution in [0.1, 0.15) is 10.4 Å². The van der Waals surface area contributed by atoms with Gasteiger partial charge in [-0.3, -0.25) is 0 Å². The lowest BCUT2D eigenvalue weighted by molar-refractivity contribution is 0.0697. The van der Waals surface area contributed by atoms with Crippen molar-refractivity contribution < 1.29 is 19.7 Å². The van der Waals surface area contributed by atoms with Crippen molar-refractivity contribution in [3.63, 3.8) is 0 Å². The minimum Gasteiger partial charge on any atom is -0.503 e. The van der Waals surface area contributed by atoms with Gasteiger partial charge in [-0.25, -0.2) is 4.79 Å². The number of aromatic carboxylic acids is 1. The molecule has 0 heterocycles. The highest BCUT2D eigenvalue weighted by Gasteiger charge is 2.25. The number of methoxy groups -OCH3 is 1. The van der Waals surface area contributed by atoms with Crippen molar-refractivity contribution >= 4 is 40.8 Å². The first kappa shape index (κ1) is 12.2. The second-order valence-electron chi connectivity index (χ2n) is 2.50. The van der Waals surface area contributed by atoms with E-state index in [1.165, 1.54) is 7.11 Å². The molecule has 0 aromatic heterocycles. The number of ether oxygens (including phenoxy) is 1. The normalized spacial score (nSPS) is 10.1. The van der Waals surface area contributed by atoms with Gasteiger partial charge in [0.15, 0.2) is 11.5 Å². The number of hydrogen-bond acceptors (Lipinski definition) is 3. The zero-order chi connectivity index (χ0) is 11.7. The predicted molar refractivity (Wildman–Crippen MR) is 56.6 cm³/mol. The fourth-order valence-corrected chi connectivity index (χ4v) is 1.83. The Kier molecular flexibility index (Phi) is 3.54. The third-order valence-electron chi connectivity index (χ3n) is 1.67. The first-order valence-electron chi connectivity index (χ1n) is 3.58. The standard InChI is InChI=1S/C8H5Cl3O4/c1-15-7-5(11)3(9)2(8(13)14)4(10)6(7)12/h12H,1H3,(H,13,14). The predicted octanol–water partition coefficient (Wildman–Crippen LogP) is 3.06. The van der Waals surface area contributed by atoms with Crippen LogP contribution in [0.4, 0.5) is 0 Å². The summed E-state index contributed by atoms with van der Waals surface area (Å²) in [6.07, 6.45) is 0. The van der Waals surface area contributed by atoms with E-state index >= 15 is 0 Å². The number of phenols is 1. The smallest absolute Gasteiger partial charge is 0.338 e. The average Bonchev–Trinajstić information content (AvgIpc) is 2.16. The lowest BCUT2D eigenvalue weighted by Gasteiger charge is -2.11. The van der Waals surface area contributed by atoms with Gasteiger partial charge in [-0.15, -0.1) is 0 Å². The number of aromatic hydroxyl groups is 1. The SMILES string of the molecule is COc1c(O)c(Cl)c(C(=O)O)c(Cl)c1Cl. The molecule has 1 rings (SSSR count). The van der Waals surface area contributed by atoms with E-state index in [2.05, 4.69) is 0 Å². The van der Waals surface area contributed by atoms with Crippen LogP contribution in [0.5, 0.6) is 11.5 Å². The Balaban J connectivity index is 3.66. The molecule has 1 aromatic rings. The Labute approximate surface area is 99.9 Å². The Bertz CT molecular complexity index is 401. The van der Waals surface area contributed by atoms with Crippen molar-refractivity contribution in [2.75, 3.05) is 7.11 Å². The van der Waals surface area contributed by atoms with Crippen LogP contribution in [-0.4, -0.2) is 23.3 Å². The molecule has 1 aromatic carbocycles. The summed E-state index contributed by atoms with van der Waals surface area (Å²) in [7, 11) is 1.24. The van der Waals surface area contributed by atoms with E-state index in [1.807, 2.05) is 0 Å². The molecule has 82 valence electrons. The second-order valence-corrected chi connectivity index (χ2v) is 3.64. The lowest BCUT2D eigenvalue weighted by Crippen LogP contribution is -2.01. The number of carboxylic acid groups (broad SMARTS) is 1. The van der Waals surface area contributed by atoms with Crippen molar-refractivity contribution in [1.29, 1.82) is 0 Å². The van der Waals surface area contributed by atoms with E-state index in [4.69, 9.17) is 44.6 Å². The summed E-state index contributed by atoms with van der Waals surface area (Å²) in [6.45, 7) is 0. The minimum atomic E-state index is -1.38. The Hall–Kier alpha value is -0.840. The third kappa shape index (κ3) is 1.93. The average molecular weight is 271 g/mol. The molecule has 0 saturated heterocycles. The molecule has 2 N–H and O–H groups in total. The molecule has 15 heavy (non-hydrogen) atoms. The number of hydrogen-bond donors (Lipinski definition) is 2. The maximum Gasteiger partial charge on any atom is 0.338 e. The van der Waals surface area contributed by atoms with Crippen molar-refractivity contribution in [1.82, 2.24) is 0 Å². The highest BCUT2D eigenvalue weighted by atomic mass is 35.5.